The van der Waals surface area contributed by atoms with Crippen molar-refractivity contribution in [2.24, 2.45) is 5.92 Å². The smallest absolute Gasteiger partial charge is 0.278 e. The molecule has 32 heavy (non-hydrogen) atoms. The largest absolute Gasteiger partial charge is 0.396 e. The molecule has 1 aromatic rings. The van der Waals surface area contributed by atoms with E-state index in [0.29, 0.717) is 17.8 Å². The molecule has 0 bridgehead atoms. The summed E-state index contributed by atoms with van der Waals surface area (Å²) in [5.74, 6) is -0.0381. The SMILES string of the molecule is O=C1C(c2cccs2)=C(N2CCCC(CO)C2)C(=O)N1C1CCCCCCCCCCC1. The number of aliphatic hydroxyl groups is 1. The lowest BCUT2D eigenvalue weighted by atomic mass is 9.97. The number of hydrogen-bond donors (Lipinski definition) is 1. The maximum Gasteiger partial charge on any atom is 0.278 e. The Kier molecular flexibility index (Phi) is 8.42. The van der Waals surface area contributed by atoms with Crippen LogP contribution in [0.25, 0.3) is 5.57 Å². The number of nitrogens with zero attached hydrogens (tertiary/aromatic N) is 2. The summed E-state index contributed by atoms with van der Waals surface area (Å²) in [5, 5.41) is 11.7. The molecule has 1 saturated heterocycles. The minimum Gasteiger partial charge on any atom is -0.396 e. The lowest BCUT2D eigenvalue weighted by Crippen LogP contribution is -2.44. The van der Waals surface area contributed by atoms with E-state index in [1.807, 2.05) is 17.5 Å². The van der Waals surface area contributed by atoms with Gasteiger partial charge in [0.05, 0.1) is 5.57 Å². The van der Waals surface area contributed by atoms with Crippen molar-refractivity contribution in [3.8, 4) is 0 Å². The van der Waals surface area contributed by atoms with Crippen LogP contribution in [0.5, 0.6) is 0 Å². The van der Waals surface area contributed by atoms with Gasteiger partial charge in [0.2, 0.25) is 0 Å². The molecule has 0 spiro atoms. The summed E-state index contributed by atoms with van der Waals surface area (Å²) >= 11 is 1.53. The van der Waals surface area contributed by atoms with Gasteiger partial charge in [-0.1, -0.05) is 63.9 Å². The molecule has 5 nitrogen and oxygen atoms in total. The maximum absolute atomic E-state index is 13.8. The summed E-state index contributed by atoms with van der Waals surface area (Å²) in [4.78, 5) is 32.2. The highest BCUT2D eigenvalue weighted by atomic mass is 32.1. The van der Waals surface area contributed by atoms with Crippen molar-refractivity contribution in [1.29, 1.82) is 0 Å². The van der Waals surface area contributed by atoms with Gasteiger partial charge in [-0.05, 0) is 43.0 Å². The summed E-state index contributed by atoms with van der Waals surface area (Å²) in [5.41, 5.74) is 1.18. The topological polar surface area (TPSA) is 60.9 Å². The van der Waals surface area contributed by atoms with Crippen molar-refractivity contribution in [2.75, 3.05) is 19.7 Å². The first-order valence-electron chi connectivity index (χ1n) is 12.7. The second kappa shape index (κ2) is 11.5. The van der Waals surface area contributed by atoms with Crippen LogP contribution in [0.2, 0.25) is 0 Å². The van der Waals surface area contributed by atoms with Gasteiger partial charge in [-0.2, -0.15) is 0 Å². The van der Waals surface area contributed by atoms with E-state index in [4.69, 9.17) is 0 Å². The third-order valence-electron chi connectivity index (χ3n) is 7.39. The standard InChI is InChI=1S/C26H38N2O3S/c29-19-20-12-10-16-27(18-20)24-23(22-15-11-17-32-22)25(30)28(26(24)31)21-13-8-6-4-2-1-3-5-7-9-14-21/h11,15,17,20-21,29H,1-10,12-14,16,18-19H2. The molecule has 1 saturated carbocycles. The van der Waals surface area contributed by atoms with Gasteiger partial charge in [-0.25, -0.2) is 0 Å². The van der Waals surface area contributed by atoms with Crippen LogP contribution in [0.15, 0.2) is 23.2 Å². The lowest BCUT2D eigenvalue weighted by molar-refractivity contribution is -0.140. The monoisotopic (exact) mass is 458 g/mol. The highest BCUT2D eigenvalue weighted by Gasteiger charge is 2.45. The predicted molar refractivity (Wildman–Crippen MR) is 129 cm³/mol. The molecule has 0 radical (unpaired) electrons. The molecular weight excluding hydrogens is 420 g/mol. The van der Waals surface area contributed by atoms with E-state index in [0.717, 1.165) is 49.9 Å². The minimum atomic E-state index is -0.103. The Hall–Kier alpha value is -1.66. The predicted octanol–water partition coefficient (Wildman–Crippen LogP) is 5.21. The molecule has 0 aromatic carbocycles. The van der Waals surface area contributed by atoms with Crippen molar-refractivity contribution in [3.05, 3.63) is 28.1 Å². The quantitative estimate of drug-likeness (QED) is 0.630. The van der Waals surface area contributed by atoms with Crippen LogP contribution in [0.4, 0.5) is 0 Å². The van der Waals surface area contributed by atoms with Crippen molar-refractivity contribution in [1.82, 2.24) is 9.80 Å². The maximum atomic E-state index is 13.8. The third-order valence-corrected chi connectivity index (χ3v) is 8.28. The second-order valence-corrected chi connectivity index (χ2v) is 10.7. The van der Waals surface area contributed by atoms with Gasteiger partial charge >= 0.3 is 0 Å². The summed E-state index contributed by atoms with van der Waals surface area (Å²) in [6, 6.07) is 3.91. The normalized spacial score (nSPS) is 25.2. The summed E-state index contributed by atoms with van der Waals surface area (Å²) < 4.78 is 0. The Balaban J connectivity index is 1.60. The zero-order chi connectivity index (χ0) is 22.3. The second-order valence-electron chi connectivity index (χ2n) is 9.73. The number of likely N-dealkylation sites (tertiary alicyclic amines) is 1. The van der Waals surface area contributed by atoms with Crippen molar-refractivity contribution in [2.45, 2.75) is 89.5 Å². The fraction of sp³-hybridized carbons (Fsp3) is 0.692. The fourth-order valence-corrected chi connectivity index (χ4v) is 6.38. The molecule has 2 fully saturated rings. The Morgan fingerprint density at radius 3 is 2.12 bits per heavy atom. The van der Waals surface area contributed by atoms with Crippen LogP contribution in [0.3, 0.4) is 0 Å². The third kappa shape index (κ3) is 5.28. The summed E-state index contributed by atoms with van der Waals surface area (Å²) in [6.07, 6.45) is 14.8. The van der Waals surface area contributed by atoms with Crippen LogP contribution >= 0.6 is 11.3 Å². The molecular formula is C26H38N2O3S. The Labute approximate surface area is 196 Å². The van der Waals surface area contributed by atoms with Gasteiger partial charge < -0.3 is 10.0 Å². The van der Waals surface area contributed by atoms with Crippen LogP contribution < -0.4 is 0 Å². The highest BCUT2D eigenvalue weighted by molar-refractivity contribution is 7.11. The molecule has 1 aromatic heterocycles. The molecule has 176 valence electrons. The minimum absolute atomic E-state index is 0.000295. The highest BCUT2D eigenvalue weighted by Crippen LogP contribution is 2.38. The number of amides is 2. The van der Waals surface area contributed by atoms with E-state index < -0.39 is 0 Å². The molecule has 6 heteroatoms. The van der Waals surface area contributed by atoms with E-state index >= 15 is 0 Å². The van der Waals surface area contributed by atoms with E-state index in [1.54, 1.807) is 4.90 Å². The van der Waals surface area contributed by atoms with Gasteiger partial charge in [0.1, 0.15) is 5.70 Å². The molecule has 1 atom stereocenters. The van der Waals surface area contributed by atoms with Gasteiger partial charge in [0.25, 0.3) is 11.8 Å². The number of carbonyl (C=O) groups excluding carboxylic acids is 2. The van der Waals surface area contributed by atoms with Gasteiger partial charge in [0.15, 0.2) is 0 Å². The van der Waals surface area contributed by atoms with Crippen molar-refractivity contribution < 1.29 is 14.7 Å². The van der Waals surface area contributed by atoms with Crippen molar-refractivity contribution in [3.63, 3.8) is 0 Å². The van der Waals surface area contributed by atoms with E-state index in [-0.39, 0.29) is 30.4 Å². The molecule has 1 aliphatic carbocycles. The molecule has 1 N–H and O–H groups in total. The number of rotatable bonds is 4. The first-order chi connectivity index (χ1) is 15.7. The number of aliphatic hydroxyl groups excluding tert-OH is 1. The van der Waals surface area contributed by atoms with Crippen molar-refractivity contribution >= 4 is 28.7 Å². The van der Waals surface area contributed by atoms with Crippen LogP contribution in [0.1, 0.15) is 88.3 Å². The average molecular weight is 459 g/mol. The van der Waals surface area contributed by atoms with Crippen LogP contribution in [-0.2, 0) is 9.59 Å². The molecule has 2 aliphatic heterocycles. The molecule has 3 heterocycles. The molecule has 2 amide bonds. The number of imide groups is 1. The molecule has 3 aliphatic rings. The lowest BCUT2D eigenvalue weighted by Gasteiger charge is -2.34. The first-order valence-corrected chi connectivity index (χ1v) is 13.6. The Bertz CT molecular complexity index is 792. The number of hydrogen-bond acceptors (Lipinski definition) is 5. The first kappa shape index (κ1) is 23.5. The summed E-state index contributed by atoms with van der Waals surface area (Å²) in [7, 11) is 0. The van der Waals surface area contributed by atoms with Gasteiger partial charge in [0, 0.05) is 30.6 Å². The number of piperidine rings is 1. The average Bonchev–Trinajstić information content (AvgIpc) is 3.41. The van der Waals surface area contributed by atoms with Gasteiger partial charge in [-0.3, -0.25) is 14.5 Å². The Morgan fingerprint density at radius 2 is 1.53 bits per heavy atom. The van der Waals surface area contributed by atoms with Crippen LogP contribution in [-0.4, -0.2) is 52.5 Å². The fourth-order valence-electron chi connectivity index (χ4n) is 5.62. The van der Waals surface area contributed by atoms with Gasteiger partial charge in [-0.15, -0.1) is 11.3 Å². The molecule has 4 rings (SSSR count). The zero-order valence-electron chi connectivity index (χ0n) is 19.3. The Morgan fingerprint density at radius 1 is 0.875 bits per heavy atom. The van der Waals surface area contributed by atoms with Crippen LogP contribution in [0, 0.1) is 5.92 Å². The van der Waals surface area contributed by atoms with E-state index in [1.165, 1.54) is 56.3 Å². The number of carbonyl (C=O) groups is 2. The number of thiophene rings is 1. The zero-order valence-corrected chi connectivity index (χ0v) is 20.1. The van der Waals surface area contributed by atoms with E-state index in [2.05, 4.69) is 4.90 Å². The van der Waals surface area contributed by atoms with E-state index in [9.17, 15) is 14.7 Å². The summed E-state index contributed by atoms with van der Waals surface area (Å²) in [6.45, 7) is 1.56. The molecule has 1 unspecified atom stereocenters.